The third-order valence-electron chi connectivity index (χ3n) is 8.11. The first-order valence-electron chi connectivity index (χ1n) is 13.8. The van der Waals surface area contributed by atoms with Gasteiger partial charge in [-0.2, -0.15) is 0 Å². The first-order valence-corrected chi connectivity index (χ1v) is 14.2. The van der Waals surface area contributed by atoms with Crippen molar-refractivity contribution in [3.8, 4) is 5.75 Å². The number of nitrogens with one attached hydrogen (secondary N) is 1. The lowest BCUT2D eigenvalue weighted by Crippen LogP contribution is -2.28. The van der Waals surface area contributed by atoms with Gasteiger partial charge < -0.3 is 10.1 Å². The van der Waals surface area contributed by atoms with Crippen LogP contribution in [0.3, 0.4) is 0 Å². The summed E-state index contributed by atoms with van der Waals surface area (Å²) in [5, 5.41) is 6.77. The Bertz CT molecular complexity index is 1740. The predicted octanol–water partition coefficient (Wildman–Crippen LogP) is 9.65. The SMILES string of the molecule is Clc1cc(C=Nc2ccc([C@@H]3Nc4ccccc4[C@@H]4C=CC[C@@H]43)cc2)ccc1OCc1cccc2ccccc12. The summed E-state index contributed by atoms with van der Waals surface area (Å²) < 4.78 is 6.08. The summed E-state index contributed by atoms with van der Waals surface area (Å²) in [6, 6.07) is 37.9. The quantitative estimate of drug-likeness (QED) is 0.172. The number of hydrogen-bond donors (Lipinski definition) is 1. The molecule has 1 aliphatic heterocycles. The van der Waals surface area contributed by atoms with Crippen molar-refractivity contribution < 1.29 is 4.74 Å². The molecule has 1 N–H and O–H groups in total. The number of allylic oxidation sites excluding steroid dienone is 2. The zero-order valence-corrected chi connectivity index (χ0v) is 22.8. The van der Waals surface area contributed by atoms with Gasteiger partial charge in [0.1, 0.15) is 12.4 Å². The van der Waals surface area contributed by atoms with Gasteiger partial charge >= 0.3 is 0 Å². The predicted molar refractivity (Wildman–Crippen MR) is 166 cm³/mol. The van der Waals surface area contributed by atoms with E-state index in [2.05, 4.69) is 102 Å². The van der Waals surface area contributed by atoms with E-state index in [1.807, 2.05) is 30.5 Å². The summed E-state index contributed by atoms with van der Waals surface area (Å²) in [5.74, 6) is 1.67. The van der Waals surface area contributed by atoms with Crippen molar-refractivity contribution in [3.05, 3.63) is 149 Å². The minimum atomic E-state index is 0.285. The molecule has 3 nitrogen and oxygen atoms in total. The van der Waals surface area contributed by atoms with Crippen LogP contribution in [0, 0.1) is 5.92 Å². The van der Waals surface area contributed by atoms with Crippen molar-refractivity contribution in [3.63, 3.8) is 0 Å². The number of fused-ring (bicyclic) bond motifs is 4. The van der Waals surface area contributed by atoms with Crippen LogP contribution in [-0.2, 0) is 6.61 Å². The van der Waals surface area contributed by atoms with Gasteiger partial charge in [0.15, 0.2) is 0 Å². The molecule has 5 aromatic carbocycles. The Balaban J connectivity index is 1.03. The van der Waals surface area contributed by atoms with E-state index in [0.29, 0.717) is 29.2 Å². The molecule has 0 fully saturated rings. The Labute approximate surface area is 239 Å². The lowest BCUT2D eigenvalue weighted by atomic mass is 9.77. The highest BCUT2D eigenvalue weighted by Gasteiger charge is 2.37. The molecule has 3 atom stereocenters. The summed E-state index contributed by atoms with van der Waals surface area (Å²) in [6.07, 6.45) is 7.65. The van der Waals surface area contributed by atoms with Gasteiger partial charge in [0.2, 0.25) is 0 Å². The van der Waals surface area contributed by atoms with Gasteiger partial charge in [-0.05, 0) is 81.8 Å². The molecule has 0 saturated heterocycles. The highest BCUT2D eigenvalue weighted by molar-refractivity contribution is 6.32. The molecule has 0 spiro atoms. The molecule has 2 aliphatic rings. The maximum Gasteiger partial charge on any atom is 0.138 e. The lowest BCUT2D eigenvalue weighted by molar-refractivity contribution is 0.308. The van der Waals surface area contributed by atoms with Gasteiger partial charge in [-0.25, -0.2) is 0 Å². The third kappa shape index (κ3) is 4.78. The Hall–Kier alpha value is -4.34. The Morgan fingerprint density at radius 2 is 1.70 bits per heavy atom. The molecule has 0 saturated carbocycles. The largest absolute Gasteiger partial charge is 0.487 e. The maximum absolute atomic E-state index is 6.58. The van der Waals surface area contributed by atoms with E-state index < -0.39 is 0 Å². The molecule has 1 aliphatic carbocycles. The summed E-state index contributed by atoms with van der Waals surface area (Å²) in [5.41, 5.74) is 6.91. The van der Waals surface area contributed by atoms with Crippen molar-refractivity contribution in [2.45, 2.75) is 25.0 Å². The molecule has 0 unspecified atom stereocenters. The fourth-order valence-corrected chi connectivity index (χ4v) is 6.32. The minimum absolute atomic E-state index is 0.285. The van der Waals surface area contributed by atoms with Crippen molar-refractivity contribution >= 4 is 40.0 Å². The molecule has 0 bridgehead atoms. The molecular formula is C36H29ClN2O. The van der Waals surface area contributed by atoms with Crippen molar-refractivity contribution in [1.82, 2.24) is 0 Å². The molecule has 40 heavy (non-hydrogen) atoms. The van der Waals surface area contributed by atoms with E-state index in [1.54, 1.807) is 0 Å². The number of nitrogens with zero attached hydrogens (tertiary/aromatic N) is 1. The zero-order chi connectivity index (χ0) is 26.9. The fraction of sp³-hybridized carbons (Fsp3) is 0.139. The molecule has 0 aromatic heterocycles. The van der Waals surface area contributed by atoms with Crippen LogP contribution in [0.5, 0.6) is 5.75 Å². The molecule has 0 amide bonds. The van der Waals surface area contributed by atoms with Crippen LogP contribution in [0.2, 0.25) is 5.02 Å². The molecule has 4 heteroatoms. The van der Waals surface area contributed by atoms with Crippen molar-refractivity contribution in [1.29, 1.82) is 0 Å². The molecule has 196 valence electrons. The molecule has 0 radical (unpaired) electrons. The molecule has 5 aromatic rings. The van der Waals surface area contributed by atoms with Crippen LogP contribution in [0.1, 0.15) is 40.6 Å². The zero-order valence-electron chi connectivity index (χ0n) is 22.0. The molecular weight excluding hydrogens is 512 g/mol. The minimum Gasteiger partial charge on any atom is -0.487 e. The second-order valence-electron chi connectivity index (χ2n) is 10.5. The Morgan fingerprint density at radius 3 is 2.60 bits per heavy atom. The summed E-state index contributed by atoms with van der Waals surface area (Å²) in [6.45, 7) is 0.458. The third-order valence-corrected chi connectivity index (χ3v) is 8.40. The van der Waals surface area contributed by atoms with E-state index in [4.69, 9.17) is 21.3 Å². The lowest BCUT2D eigenvalue weighted by Gasteiger charge is -2.37. The maximum atomic E-state index is 6.58. The normalized spacial score (nSPS) is 19.4. The van der Waals surface area contributed by atoms with Gasteiger partial charge in [-0.15, -0.1) is 0 Å². The summed E-state index contributed by atoms with van der Waals surface area (Å²) >= 11 is 6.58. The number of para-hydroxylation sites is 1. The van der Waals surface area contributed by atoms with Crippen LogP contribution in [0.4, 0.5) is 11.4 Å². The van der Waals surface area contributed by atoms with Crippen molar-refractivity contribution in [2.24, 2.45) is 10.9 Å². The average Bonchev–Trinajstić information content (AvgIpc) is 3.50. The first-order chi connectivity index (χ1) is 19.7. The Kier molecular flexibility index (Phi) is 6.59. The molecule has 7 rings (SSSR count). The highest BCUT2D eigenvalue weighted by Crippen LogP contribution is 2.49. The van der Waals surface area contributed by atoms with E-state index in [1.165, 1.54) is 27.6 Å². The van der Waals surface area contributed by atoms with Crippen LogP contribution in [0.25, 0.3) is 10.8 Å². The van der Waals surface area contributed by atoms with Gasteiger partial charge in [0.25, 0.3) is 0 Å². The number of anilines is 1. The number of benzene rings is 5. The van der Waals surface area contributed by atoms with Crippen molar-refractivity contribution in [2.75, 3.05) is 5.32 Å². The van der Waals surface area contributed by atoms with Crippen LogP contribution >= 0.6 is 11.6 Å². The Morgan fingerprint density at radius 1 is 0.875 bits per heavy atom. The standard InChI is InChI=1S/C36H29ClN2O/c37-33-21-24(15-20-35(33)40-23-27-9-5-8-25-7-1-2-10-29(25)27)22-38-28-18-16-26(17-19-28)36-32-13-6-12-30(32)31-11-3-4-14-34(31)39-36/h1-12,14-22,30,32,36,39H,13,23H2/t30-,32-,36-/m0/s1. The smallest absolute Gasteiger partial charge is 0.138 e. The van der Waals surface area contributed by atoms with Gasteiger partial charge in [-0.1, -0.05) is 96.5 Å². The average molecular weight is 541 g/mol. The number of aliphatic imine (C=N–C) groups is 1. The topological polar surface area (TPSA) is 33.6 Å². The number of rotatable bonds is 6. The number of hydrogen-bond acceptors (Lipinski definition) is 3. The summed E-state index contributed by atoms with van der Waals surface area (Å²) in [4.78, 5) is 4.71. The van der Waals surface area contributed by atoms with E-state index >= 15 is 0 Å². The van der Waals surface area contributed by atoms with Crippen LogP contribution in [-0.4, -0.2) is 6.21 Å². The summed E-state index contributed by atoms with van der Waals surface area (Å²) in [7, 11) is 0. The first kappa shape index (κ1) is 24.7. The van der Waals surface area contributed by atoms with E-state index in [0.717, 1.165) is 23.2 Å². The second kappa shape index (κ2) is 10.7. The second-order valence-corrected chi connectivity index (χ2v) is 10.9. The van der Waals surface area contributed by atoms with Gasteiger partial charge in [0, 0.05) is 17.8 Å². The van der Waals surface area contributed by atoms with Crippen LogP contribution < -0.4 is 10.1 Å². The molecule has 1 heterocycles. The monoisotopic (exact) mass is 540 g/mol. The fourth-order valence-electron chi connectivity index (χ4n) is 6.08. The number of halogens is 1. The van der Waals surface area contributed by atoms with Gasteiger partial charge in [-0.3, -0.25) is 4.99 Å². The van der Waals surface area contributed by atoms with Gasteiger partial charge in [0.05, 0.1) is 16.8 Å². The van der Waals surface area contributed by atoms with E-state index in [9.17, 15) is 0 Å². The van der Waals surface area contributed by atoms with E-state index in [-0.39, 0.29) is 6.04 Å². The number of ether oxygens (including phenoxy) is 1. The van der Waals surface area contributed by atoms with Crippen LogP contribution in [0.15, 0.2) is 126 Å². The highest BCUT2D eigenvalue weighted by atomic mass is 35.5.